The second kappa shape index (κ2) is 4.98. The van der Waals surface area contributed by atoms with Crippen molar-refractivity contribution < 1.29 is 13.2 Å². The molecule has 0 aliphatic carbocycles. The van der Waals surface area contributed by atoms with Gasteiger partial charge in [-0.3, -0.25) is 4.90 Å². The van der Waals surface area contributed by atoms with Gasteiger partial charge in [0, 0.05) is 0 Å². The minimum Gasteiger partial charge on any atom is -0.317 e. The highest BCUT2D eigenvalue weighted by atomic mass is 19.4. The van der Waals surface area contributed by atoms with Crippen LogP contribution >= 0.6 is 0 Å². The molecule has 1 rings (SSSR count). The lowest BCUT2D eigenvalue weighted by Crippen LogP contribution is -2.46. The highest BCUT2D eigenvalue weighted by Gasteiger charge is 2.39. The van der Waals surface area contributed by atoms with E-state index in [0.29, 0.717) is 13.1 Å². The van der Waals surface area contributed by atoms with Crippen molar-refractivity contribution in [1.29, 1.82) is 0 Å². The topological polar surface area (TPSA) is 15.3 Å². The van der Waals surface area contributed by atoms with E-state index < -0.39 is 12.2 Å². The summed E-state index contributed by atoms with van der Waals surface area (Å²) < 4.78 is 37.2. The smallest absolute Gasteiger partial charge is 0.317 e. The summed E-state index contributed by atoms with van der Waals surface area (Å²) in [6.45, 7) is 3.96. The molecule has 0 amide bonds. The number of hydrogen-bond acceptors (Lipinski definition) is 2. The first-order valence-electron chi connectivity index (χ1n) is 5.03. The second-order valence-corrected chi connectivity index (χ2v) is 3.71. The van der Waals surface area contributed by atoms with Gasteiger partial charge >= 0.3 is 6.18 Å². The van der Waals surface area contributed by atoms with Crippen molar-refractivity contribution in [2.24, 2.45) is 0 Å². The number of nitrogens with zero attached hydrogens (tertiary/aromatic N) is 1. The minimum absolute atomic E-state index is 0.535. The summed E-state index contributed by atoms with van der Waals surface area (Å²) in [7, 11) is 0. The van der Waals surface area contributed by atoms with Gasteiger partial charge in [0.05, 0.1) is 0 Å². The van der Waals surface area contributed by atoms with Gasteiger partial charge in [0.15, 0.2) is 0 Å². The van der Waals surface area contributed by atoms with E-state index in [1.165, 1.54) is 11.8 Å². The van der Waals surface area contributed by atoms with Crippen LogP contribution in [0.5, 0.6) is 0 Å². The van der Waals surface area contributed by atoms with Gasteiger partial charge in [-0.25, -0.2) is 0 Å². The average molecular weight is 210 g/mol. The van der Waals surface area contributed by atoms with Crippen molar-refractivity contribution in [3.8, 4) is 0 Å². The molecule has 1 unspecified atom stereocenters. The molecular formula is C9H17F3N2. The summed E-state index contributed by atoms with van der Waals surface area (Å²) in [5.41, 5.74) is 0. The standard InChI is InChI=1S/C9H17F3N2/c1-8(9(10,11)12)14-6-2-4-13-5-3-7-14/h8,13H,2-7H2,1H3. The molecule has 5 heteroatoms. The molecule has 1 heterocycles. The van der Waals surface area contributed by atoms with Crippen molar-refractivity contribution in [2.75, 3.05) is 26.2 Å². The number of rotatable bonds is 1. The molecule has 0 aromatic rings. The van der Waals surface area contributed by atoms with Crippen LogP contribution in [0.15, 0.2) is 0 Å². The molecule has 1 aliphatic heterocycles. The minimum atomic E-state index is -4.09. The first-order chi connectivity index (χ1) is 6.52. The average Bonchev–Trinajstić information content (AvgIpc) is 2.00. The Morgan fingerprint density at radius 1 is 1.14 bits per heavy atom. The quantitative estimate of drug-likeness (QED) is 0.707. The zero-order valence-electron chi connectivity index (χ0n) is 8.40. The summed E-state index contributed by atoms with van der Waals surface area (Å²) in [5, 5.41) is 3.18. The van der Waals surface area contributed by atoms with Crippen LogP contribution in [-0.4, -0.2) is 43.3 Å². The third-order valence-corrected chi connectivity index (χ3v) is 2.62. The van der Waals surface area contributed by atoms with E-state index in [0.717, 1.165) is 25.9 Å². The summed E-state index contributed by atoms with van der Waals surface area (Å²) >= 11 is 0. The molecule has 2 nitrogen and oxygen atoms in total. The van der Waals surface area contributed by atoms with Gasteiger partial charge in [0.2, 0.25) is 0 Å². The Morgan fingerprint density at radius 3 is 2.07 bits per heavy atom. The number of halogens is 3. The fraction of sp³-hybridized carbons (Fsp3) is 1.00. The zero-order chi connectivity index (χ0) is 10.6. The van der Waals surface area contributed by atoms with Gasteiger partial charge in [-0.05, 0) is 45.9 Å². The van der Waals surface area contributed by atoms with Crippen LogP contribution in [0.1, 0.15) is 19.8 Å². The molecule has 1 fully saturated rings. The van der Waals surface area contributed by atoms with Crippen LogP contribution in [0.3, 0.4) is 0 Å². The zero-order valence-corrected chi connectivity index (χ0v) is 8.40. The Morgan fingerprint density at radius 2 is 1.64 bits per heavy atom. The SMILES string of the molecule is CC(N1CCCNCCC1)C(F)(F)F. The molecule has 84 valence electrons. The summed E-state index contributed by atoms with van der Waals surface area (Å²) in [6, 6.07) is -1.31. The predicted molar refractivity (Wildman–Crippen MR) is 49.2 cm³/mol. The third kappa shape index (κ3) is 3.46. The Balaban J connectivity index is 2.47. The molecule has 1 aliphatic rings. The van der Waals surface area contributed by atoms with E-state index in [2.05, 4.69) is 5.32 Å². The van der Waals surface area contributed by atoms with Gasteiger partial charge < -0.3 is 5.32 Å². The summed E-state index contributed by atoms with van der Waals surface area (Å²) in [6.07, 6.45) is -2.51. The van der Waals surface area contributed by atoms with Gasteiger partial charge in [-0.15, -0.1) is 0 Å². The fourth-order valence-electron chi connectivity index (χ4n) is 1.65. The molecule has 0 aromatic carbocycles. The molecule has 14 heavy (non-hydrogen) atoms. The maximum Gasteiger partial charge on any atom is 0.403 e. The van der Waals surface area contributed by atoms with E-state index in [1.807, 2.05) is 0 Å². The summed E-state index contributed by atoms with van der Waals surface area (Å²) in [4.78, 5) is 1.53. The van der Waals surface area contributed by atoms with Gasteiger partial charge in [-0.1, -0.05) is 0 Å². The van der Waals surface area contributed by atoms with Crippen LogP contribution in [0.2, 0.25) is 0 Å². The third-order valence-electron chi connectivity index (χ3n) is 2.62. The maximum absolute atomic E-state index is 12.4. The molecular weight excluding hydrogens is 193 g/mol. The monoisotopic (exact) mass is 210 g/mol. The highest BCUT2D eigenvalue weighted by molar-refractivity contribution is 4.76. The van der Waals surface area contributed by atoms with Gasteiger partial charge in [0.1, 0.15) is 6.04 Å². The Labute approximate surface area is 82.5 Å². The van der Waals surface area contributed by atoms with E-state index in [1.54, 1.807) is 0 Å². The van der Waals surface area contributed by atoms with Crippen LogP contribution in [-0.2, 0) is 0 Å². The van der Waals surface area contributed by atoms with Crippen LogP contribution < -0.4 is 5.32 Å². The highest BCUT2D eigenvalue weighted by Crippen LogP contribution is 2.24. The lowest BCUT2D eigenvalue weighted by Gasteiger charge is -2.31. The Kier molecular flexibility index (Phi) is 4.19. The lowest BCUT2D eigenvalue weighted by atomic mass is 10.2. The van der Waals surface area contributed by atoms with Crippen molar-refractivity contribution >= 4 is 0 Å². The van der Waals surface area contributed by atoms with Crippen molar-refractivity contribution in [3.63, 3.8) is 0 Å². The first kappa shape index (κ1) is 11.8. The Bertz CT molecular complexity index is 162. The summed E-state index contributed by atoms with van der Waals surface area (Å²) in [5.74, 6) is 0. The molecule has 0 aromatic heterocycles. The van der Waals surface area contributed by atoms with Gasteiger partial charge in [0.25, 0.3) is 0 Å². The van der Waals surface area contributed by atoms with Crippen LogP contribution in [0.25, 0.3) is 0 Å². The number of alkyl halides is 3. The largest absolute Gasteiger partial charge is 0.403 e. The molecule has 1 N–H and O–H groups in total. The normalized spacial score (nSPS) is 24.0. The molecule has 0 saturated carbocycles. The fourth-order valence-corrected chi connectivity index (χ4v) is 1.65. The lowest BCUT2D eigenvalue weighted by molar-refractivity contribution is -0.179. The van der Waals surface area contributed by atoms with E-state index >= 15 is 0 Å². The van der Waals surface area contributed by atoms with E-state index in [4.69, 9.17) is 0 Å². The molecule has 0 radical (unpaired) electrons. The maximum atomic E-state index is 12.4. The van der Waals surface area contributed by atoms with Crippen molar-refractivity contribution in [3.05, 3.63) is 0 Å². The van der Waals surface area contributed by atoms with Gasteiger partial charge in [-0.2, -0.15) is 13.2 Å². The molecule has 1 atom stereocenters. The first-order valence-corrected chi connectivity index (χ1v) is 5.03. The number of nitrogens with one attached hydrogen (secondary N) is 1. The molecule has 1 saturated heterocycles. The van der Waals surface area contributed by atoms with Crippen molar-refractivity contribution in [1.82, 2.24) is 10.2 Å². The van der Waals surface area contributed by atoms with Crippen molar-refractivity contribution in [2.45, 2.75) is 32.0 Å². The molecule has 0 spiro atoms. The Hall–Kier alpha value is -0.290. The van der Waals surface area contributed by atoms with Crippen LogP contribution in [0, 0.1) is 0 Å². The van der Waals surface area contributed by atoms with E-state index in [9.17, 15) is 13.2 Å². The predicted octanol–water partition coefficient (Wildman–Crippen LogP) is 1.62. The van der Waals surface area contributed by atoms with E-state index in [-0.39, 0.29) is 0 Å². The molecule has 0 bridgehead atoms. The second-order valence-electron chi connectivity index (χ2n) is 3.71. The number of hydrogen-bond donors (Lipinski definition) is 1. The van der Waals surface area contributed by atoms with Crippen LogP contribution in [0.4, 0.5) is 13.2 Å².